The number of hydrogen-bond donors (Lipinski definition) is 1. The van der Waals surface area contributed by atoms with Gasteiger partial charge in [-0.2, -0.15) is 0 Å². The summed E-state index contributed by atoms with van der Waals surface area (Å²) in [5, 5.41) is 18.8. The fourth-order valence-corrected chi connectivity index (χ4v) is 10.0. The second-order valence-electron chi connectivity index (χ2n) is 20.8. The van der Waals surface area contributed by atoms with Crippen LogP contribution in [0.3, 0.4) is 0 Å². The summed E-state index contributed by atoms with van der Waals surface area (Å²) in [5.74, 6) is -3.69. The van der Waals surface area contributed by atoms with Crippen molar-refractivity contribution in [3.8, 4) is 44.5 Å². The summed E-state index contributed by atoms with van der Waals surface area (Å²) >= 11 is 3.51. The number of Topliss-reactive ketones (excluding diaryl/α,β-unsaturated/α-hetero) is 1. The van der Waals surface area contributed by atoms with Crippen molar-refractivity contribution >= 4 is 51.6 Å². The monoisotopic (exact) mass is 1290 g/mol. The number of fused-ring (bicyclic) bond motifs is 1. The molecule has 0 spiro atoms. The third-order valence-corrected chi connectivity index (χ3v) is 14.8. The molecule has 0 heterocycles. The fraction of sp³-hybridized carbons (Fsp3) is 0.289. The van der Waals surface area contributed by atoms with E-state index in [1.807, 2.05) is 153 Å². The Morgan fingerprint density at radius 1 is 0.500 bits per heavy atom. The average Bonchev–Trinajstić information content (AvgIpc) is 1.54. The van der Waals surface area contributed by atoms with Gasteiger partial charge in [0.05, 0.1) is 32.3 Å². The molecule has 14 heteroatoms. The quantitative estimate of drug-likeness (QED) is 0.0282. The van der Waals surface area contributed by atoms with E-state index in [1.165, 1.54) is 40.3 Å². The van der Waals surface area contributed by atoms with Crippen molar-refractivity contribution in [2.45, 2.75) is 86.9 Å². The second kappa shape index (κ2) is 41.5. The van der Waals surface area contributed by atoms with Crippen LogP contribution in [0.5, 0.6) is 0 Å². The number of carboxylic acid groups (broad SMARTS) is 1. The molecule has 12 nitrogen and oxygen atoms in total. The molecule has 1 N–H and O–H groups in total. The molecule has 0 saturated heterocycles. The number of hydrogen-bond acceptors (Lipinski definition) is 11. The number of halogens is 1. The summed E-state index contributed by atoms with van der Waals surface area (Å²) in [4.78, 5) is 69.8. The summed E-state index contributed by atoms with van der Waals surface area (Å²) in [7, 11) is 0. The standard InChI is InChI=1S/C21H24O4.C16H16O2.C16H14O.C13H11Br.C8H14O4.C2H5O.Na/c1-4-24-19(22)21(3,20(23)25-5-2)15-17-13-9-10-14-18(17)16-11-7-6-8-12-16;1-12(16(17)18)11-14-9-5-6-10-15(14)13-7-3-2-4-8-13;1-11-10-15-13(12-6-3-2-4-7-12)8-5-9-14(15)16(11)17;14-10-12-8-4-5-9-13(12)11-6-2-1-3-7-11;1-4-11-7(9)6(3)8(10)12-5-2;1-2-3;/h6-14H,4-5,15H2,1-3H3;2-10,12H,11H2,1H3,(H,17,18);2-9,11H,10H2,1H3;1-9H,10H2;6H,4-5H2,1-3H3;2H2,1H3;/q;;;;;-1;+1. The van der Waals surface area contributed by atoms with Crippen LogP contribution in [0.25, 0.3) is 44.5 Å². The van der Waals surface area contributed by atoms with Crippen molar-refractivity contribution in [1.29, 1.82) is 0 Å². The Morgan fingerprint density at radius 2 is 0.822 bits per heavy atom. The van der Waals surface area contributed by atoms with Gasteiger partial charge in [-0.3, -0.25) is 28.8 Å². The minimum absolute atomic E-state index is 0. The van der Waals surface area contributed by atoms with E-state index in [0.717, 1.165) is 50.7 Å². The smallest absolute Gasteiger partial charge is 0.855 e. The van der Waals surface area contributed by atoms with Crippen LogP contribution >= 0.6 is 15.9 Å². The van der Waals surface area contributed by atoms with Gasteiger partial charge < -0.3 is 29.2 Å². The molecule has 1 aliphatic rings. The molecule has 1 aliphatic carbocycles. The molecule has 0 bridgehead atoms. The van der Waals surface area contributed by atoms with E-state index in [1.54, 1.807) is 48.5 Å². The number of rotatable bonds is 18. The van der Waals surface area contributed by atoms with Crippen LogP contribution in [-0.2, 0) is 67.5 Å². The van der Waals surface area contributed by atoms with Crippen molar-refractivity contribution in [2.24, 2.45) is 23.2 Å². The van der Waals surface area contributed by atoms with E-state index in [9.17, 15) is 28.8 Å². The second-order valence-corrected chi connectivity index (χ2v) is 21.3. The fourth-order valence-electron chi connectivity index (χ4n) is 9.53. The molecule has 0 radical (unpaired) electrons. The van der Waals surface area contributed by atoms with Crippen LogP contribution in [0.15, 0.2) is 212 Å². The summed E-state index contributed by atoms with van der Waals surface area (Å²) in [6.45, 7) is 16.2. The molecule has 90 heavy (non-hydrogen) atoms. The molecule has 0 saturated carbocycles. The Balaban J connectivity index is 0.000000296. The van der Waals surface area contributed by atoms with Crippen LogP contribution in [0.2, 0.25) is 0 Å². The molecule has 0 aromatic heterocycles. The van der Waals surface area contributed by atoms with Crippen molar-refractivity contribution in [3.05, 3.63) is 240 Å². The first-order valence-corrected chi connectivity index (χ1v) is 31.2. The van der Waals surface area contributed by atoms with E-state index in [-0.39, 0.29) is 86.6 Å². The molecular weight excluding hydrogens is 1210 g/mol. The maximum atomic E-state index is 12.5. The largest absolute Gasteiger partial charge is 1.00 e. The van der Waals surface area contributed by atoms with Crippen LogP contribution in [-0.4, -0.2) is 73.8 Å². The zero-order valence-corrected chi connectivity index (χ0v) is 57.2. The Labute approximate surface area is 562 Å². The first-order valence-electron chi connectivity index (χ1n) is 30.1. The zero-order valence-electron chi connectivity index (χ0n) is 53.6. The third-order valence-electron chi connectivity index (χ3n) is 14.2. The van der Waals surface area contributed by atoms with Crippen LogP contribution in [0, 0.1) is 23.2 Å². The first kappa shape index (κ1) is 76.5. The van der Waals surface area contributed by atoms with Gasteiger partial charge in [-0.1, -0.05) is 249 Å². The zero-order chi connectivity index (χ0) is 65.1. The predicted molar refractivity (Wildman–Crippen MR) is 356 cm³/mol. The van der Waals surface area contributed by atoms with Gasteiger partial charge in [-0.25, -0.2) is 0 Å². The van der Waals surface area contributed by atoms with Gasteiger partial charge >= 0.3 is 59.4 Å². The van der Waals surface area contributed by atoms with Gasteiger partial charge in [0.15, 0.2) is 17.1 Å². The summed E-state index contributed by atoms with van der Waals surface area (Å²) in [6.07, 6.45) is 1.65. The normalized spacial score (nSPS) is 12.0. The number of esters is 4. The molecule has 8 aromatic carbocycles. The van der Waals surface area contributed by atoms with Crippen LogP contribution in [0.1, 0.15) is 94.9 Å². The minimum atomic E-state index is -1.38. The SMILES string of the molecule is BrCc1ccccc1-c1ccccc1.CC(Cc1ccccc1-c1ccccc1)C(=O)O.CC1Cc2c(cccc2-c2ccccc2)C1=O.CCOC(=O)C(C)(Cc1ccccc1-c1ccccc1)C(=O)OCC.CCOC(=O)C(C)C(=O)OCC.CC[O-].[Na+]. The van der Waals surface area contributed by atoms with Gasteiger partial charge in [0.2, 0.25) is 0 Å². The van der Waals surface area contributed by atoms with E-state index < -0.39 is 41.2 Å². The Hall–Kier alpha value is -7.78. The molecular formula is C76H84BrNaO12. The number of aliphatic carboxylic acids is 1. The topological polar surface area (TPSA) is 183 Å². The molecule has 2 unspecified atom stereocenters. The number of carbonyl (C=O) groups excluding carboxylic acids is 5. The Bertz CT molecular complexity index is 3410. The number of ketones is 1. The number of alkyl halides is 1. The van der Waals surface area contributed by atoms with E-state index in [0.29, 0.717) is 6.42 Å². The van der Waals surface area contributed by atoms with Gasteiger partial charge in [0.25, 0.3) is 0 Å². The number of carbonyl (C=O) groups is 6. The van der Waals surface area contributed by atoms with Gasteiger partial charge in [-0.15, -0.1) is 6.61 Å². The Morgan fingerprint density at radius 3 is 1.21 bits per heavy atom. The molecule has 0 amide bonds. The summed E-state index contributed by atoms with van der Waals surface area (Å²) < 4.78 is 19.6. The van der Waals surface area contributed by atoms with Gasteiger partial charge in [-0.05, 0) is 128 Å². The number of ether oxygens (including phenoxy) is 4. The molecule has 2 atom stereocenters. The van der Waals surface area contributed by atoms with Gasteiger partial charge in [0, 0.05) is 16.8 Å². The minimum Gasteiger partial charge on any atom is -0.855 e. The van der Waals surface area contributed by atoms with Gasteiger partial charge in [0.1, 0.15) is 0 Å². The third kappa shape index (κ3) is 23.5. The maximum Gasteiger partial charge on any atom is 1.00 e. The number of benzene rings is 8. The van der Waals surface area contributed by atoms with Crippen LogP contribution in [0.4, 0.5) is 0 Å². The molecule has 9 rings (SSSR count). The van der Waals surface area contributed by atoms with Crippen molar-refractivity contribution in [3.63, 3.8) is 0 Å². The van der Waals surface area contributed by atoms with E-state index in [4.69, 9.17) is 19.7 Å². The molecule has 468 valence electrons. The Kier molecular flexibility index (Phi) is 35.3. The first-order chi connectivity index (χ1) is 42.9. The van der Waals surface area contributed by atoms with E-state index >= 15 is 0 Å². The van der Waals surface area contributed by atoms with Crippen molar-refractivity contribution in [1.82, 2.24) is 0 Å². The van der Waals surface area contributed by atoms with Crippen molar-refractivity contribution < 1.29 is 87.5 Å². The summed E-state index contributed by atoms with van der Waals surface area (Å²) in [6, 6.07) is 70.9. The van der Waals surface area contributed by atoms with Crippen LogP contribution < -0.4 is 34.7 Å². The predicted octanol–water partition coefficient (Wildman–Crippen LogP) is 12.7. The molecule has 0 fully saturated rings. The molecule has 8 aromatic rings. The summed E-state index contributed by atoms with van der Waals surface area (Å²) in [5.41, 5.74) is 13.3. The maximum absolute atomic E-state index is 12.5. The van der Waals surface area contributed by atoms with E-state index in [2.05, 4.69) is 92.1 Å². The molecule has 0 aliphatic heterocycles. The number of carboxylic acids is 1. The average molecular weight is 1290 g/mol. The van der Waals surface area contributed by atoms with Crippen molar-refractivity contribution in [2.75, 3.05) is 33.0 Å².